The molecule has 0 aliphatic heterocycles. The molecule has 0 aliphatic carbocycles. The fraction of sp³-hybridized carbons (Fsp3) is 0.308. The first kappa shape index (κ1) is 12.1. The van der Waals surface area contributed by atoms with Gasteiger partial charge in [0.25, 0.3) is 0 Å². The van der Waals surface area contributed by atoms with Crippen molar-refractivity contribution in [1.29, 1.82) is 0 Å². The Kier molecular flexibility index (Phi) is 3.82. The van der Waals surface area contributed by atoms with E-state index in [1.165, 1.54) is 0 Å². The minimum Gasteiger partial charge on any atom is -0.331 e. The SMILES string of the molecule is CNCCc1ncc(-c2ccc(Cl)cc2)n1C. The molecule has 2 aromatic rings. The number of likely N-dealkylation sites (N-methyl/N-ethyl adjacent to an activating group) is 1. The zero-order valence-electron chi connectivity index (χ0n) is 10.1. The molecule has 90 valence electrons. The van der Waals surface area contributed by atoms with Crippen LogP contribution >= 0.6 is 11.6 Å². The molecular weight excluding hydrogens is 234 g/mol. The Labute approximate surface area is 106 Å². The summed E-state index contributed by atoms with van der Waals surface area (Å²) in [5.41, 5.74) is 2.26. The van der Waals surface area contributed by atoms with Gasteiger partial charge in [-0.3, -0.25) is 0 Å². The van der Waals surface area contributed by atoms with Gasteiger partial charge in [-0.15, -0.1) is 0 Å². The summed E-state index contributed by atoms with van der Waals surface area (Å²) in [5, 5.41) is 3.88. The summed E-state index contributed by atoms with van der Waals surface area (Å²) in [7, 11) is 3.99. The van der Waals surface area contributed by atoms with E-state index in [4.69, 9.17) is 11.6 Å². The predicted octanol–water partition coefficient (Wildman–Crippen LogP) is 2.50. The Morgan fingerprint density at radius 1 is 1.29 bits per heavy atom. The van der Waals surface area contributed by atoms with Crippen LogP contribution in [-0.4, -0.2) is 23.1 Å². The van der Waals surface area contributed by atoms with Crippen LogP contribution in [0.25, 0.3) is 11.3 Å². The summed E-state index contributed by atoms with van der Waals surface area (Å²) >= 11 is 5.88. The Hall–Kier alpha value is -1.32. The van der Waals surface area contributed by atoms with E-state index in [1.54, 1.807) is 0 Å². The Morgan fingerprint density at radius 2 is 2.00 bits per heavy atom. The van der Waals surface area contributed by atoms with Gasteiger partial charge in [0.05, 0.1) is 11.9 Å². The standard InChI is InChI=1S/C13H16ClN3/c1-15-8-7-13-16-9-12(17(13)2)10-3-5-11(14)6-4-10/h3-6,9,15H,7-8H2,1-2H3. The van der Waals surface area contributed by atoms with Crippen molar-refractivity contribution >= 4 is 11.6 Å². The van der Waals surface area contributed by atoms with Gasteiger partial charge in [0.2, 0.25) is 0 Å². The van der Waals surface area contributed by atoms with Crippen LogP contribution in [0.5, 0.6) is 0 Å². The normalized spacial score (nSPS) is 10.8. The number of imidazole rings is 1. The molecule has 0 bridgehead atoms. The van der Waals surface area contributed by atoms with Crippen molar-refractivity contribution in [2.24, 2.45) is 7.05 Å². The number of nitrogens with one attached hydrogen (secondary N) is 1. The summed E-state index contributed by atoms with van der Waals surface area (Å²) in [6, 6.07) is 7.83. The molecule has 0 amide bonds. The van der Waals surface area contributed by atoms with Gasteiger partial charge in [-0.1, -0.05) is 23.7 Å². The maximum atomic E-state index is 5.88. The van der Waals surface area contributed by atoms with E-state index in [0.29, 0.717) is 0 Å². The Bertz CT molecular complexity index is 488. The fourth-order valence-electron chi connectivity index (χ4n) is 1.81. The highest BCUT2D eigenvalue weighted by molar-refractivity contribution is 6.30. The molecule has 0 radical (unpaired) electrons. The van der Waals surface area contributed by atoms with Gasteiger partial charge in [-0.2, -0.15) is 0 Å². The topological polar surface area (TPSA) is 29.9 Å². The van der Waals surface area contributed by atoms with Crippen molar-refractivity contribution in [2.45, 2.75) is 6.42 Å². The molecule has 0 spiro atoms. The third-order valence-electron chi connectivity index (χ3n) is 2.82. The van der Waals surface area contributed by atoms with Crippen LogP contribution in [0.4, 0.5) is 0 Å². The quantitative estimate of drug-likeness (QED) is 0.902. The van der Waals surface area contributed by atoms with Gasteiger partial charge in [-0.05, 0) is 24.7 Å². The number of halogens is 1. The lowest BCUT2D eigenvalue weighted by Gasteiger charge is -2.06. The molecule has 0 saturated heterocycles. The molecule has 1 aromatic carbocycles. The predicted molar refractivity (Wildman–Crippen MR) is 71.3 cm³/mol. The molecule has 3 nitrogen and oxygen atoms in total. The number of aromatic nitrogens is 2. The first-order valence-electron chi connectivity index (χ1n) is 5.63. The van der Waals surface area contributed by atoms with Crippen LogP contribution in [0.15, 0.2) is 30.5 Å². The van der Waals surface area contributed by atoms with Crippen molar-refractivity contribution in [3.63, 3.8) is 0 Å². The van der Waals surface area contributed by atoms with Gasteiger partial charge >= 0.3 is 0 Å². The van der Waals surface area contributed by atoms with Gasteiger partial charge in [-0.25, -0.2) is 4.98 Å². The van der Waals surface area contributed by atoms with E-state index in [-0.39, 0.29) is 0 Å². The molecule has 17 heavy (non-hydrogen) atoms. The average Bonchev–Trinajstić information content (AvgIpc) is 2.69. The van der Waals surface area contributed by atoms with E-state index in [9.17, 15) is 0 Å². The number of benzene rings is 1. The van der Waals surface area contributed by atoms with Gasteiger partial charge in [0.15, 0.2) is 0 Å². The van der Waals surface area contributed by atoms with Gasteiger partial charge in [0.1, 0.15) is 5.82 Å². The average molecular weight is 250 g/mol. The highest BCUT2D eigenvalue weighted by atomic mass is 35.5. The second-order valence-electron chi connectivity index (χ2n) is 3.98. The molecular formula is C13H16ClN3. The largest absolute Gasteiger partial charge is 0.331 e. The number of hydrogen-bond acceptors (Lipinski definition) is 2. The smallest absolute Gasteiger partial charge is 0.110 e. The lowest BCUT2D eigenvalue weighted by Crippen LogP contribution is -2.13. The summed E-state index contributed by atoms with van der Waals surface area (Å²) in [6.07, 6.45) is 2.84. The van der Waals surface area contributed by atoms with Crippen LogP contribution in [0.2, 0.25) is 5.02 Å². The second-order valence-corrected chi connectivity index (χ2v) is 4.42. The molecule has 0 atom stereocenters. The maximum Gasteiger partial charge on any atom is 0.110 e. The molecule has 0 unspecified atom stereocenters. The molecule has 0 fully saturated rings. The lowest BCUT2D eigenvalue weighted by atomic mass is 10.2. The summed E-state index contributed by atoms with van der Waals surface area (Å²) in [6.45, 7) is 0.935. The van der Waals surface area contributed by atoms with E-state index < -0.39 is 0 Å². The number of rotatable bonds is 4. The molecule has 1 aromatic heterocycles. The summed E-state index contributed by atoms with van der Waals surface area (Å²) < 4.78 is 2.13. The van der Waals surface area contributed by atoms with Crippen LogP contribution in [-0.2, 0) is 13.5 Å². The lowest BCUT2D eigenvalue weighted by molar-refractivity contribution is 0.720. The van der Waals surface area contributed by atoms with E-state index in [0.717, 1.165) is 35.1 Å². The van der Waals surface area contributed by atoms with Crippen molar-refractivity contribution in [2.75, 3.05) is 13.6 Å². The first-order chi connectivity index (χ1) is 8.22. The molecule has 1 heterocycles. The summed E-state index contributed by atoms with van der Waals surface area (Å²) in [4.78, 5) is 4.44. The van der Waals surface area contributed by atoms with Crippen LogP contribution in [0, 0.1) is 0 Å². The fourth-order valence-corrected chi connectivity index (χ4v) is 1.93. The van der Waals surface area contributed by atoms with Gasteiger partial charge in [0, 0.05) is 25.0 Å². The molecule has 4 heteroatoms. The van der Waals surface area contributed by atoms with E-state index in [1.807, 2.05) is 44.6 Å². The van der Waals surface area contributed by atoms with Crippen LogP contribution in [0.1, 0.15) is 5.82 Å². The highest BCUT2D eigenvalue weighted by Crippen LogP contribution is 2.21. The van der Waals surface area contributed by atoms with Crippen molar-refractivity contribution in [3.8, 4) is 11.3 Å². The summed E-state index contributed by atoms with van der Waals surface area (Å²) in [5.74, 6) is 1.09. The maximum absolute atomic E-state index is 5.88. The second kappa shape index (κ2) is 5.34. The van der Waals surface area contributed by atoms with Crippen LogP contribution in [0.3, 0.4) is 0 Å². The monoisotopic (exact) mass is 249 g/mol. The third kappa shape index (κ3) is 2.68. The van der Waals surface area contributed by atoms with Crippen molar-refractivity contribution in [3.05, 3.63) is 41.3 Å². The van der Waals surface area contributed by atoms with Crippen LogP contribution < -0.4 is 5.32 Å². The minimum atomic E-state index is 0.756. The molecule has 2 rings (SSSR count). The number of hydrogen-bond donors (Lipinski definition) is 1. The van der Waals surface area contributed by atoms with E-state index in [2.05, 4.69) is 14.9 Å². The van der Waals surface area contributed by atoms with Crippen molar-refractivity contribution < 1.29 is 0 Å². The van der Waals surface area contributed by atoms with E-state index >= 15 is 0 Å². The Morgan fingerprint density at radius 3 is 2.65 bits per heavy atom. The van der Waals surface area contributed by atoms with Gasteiger partial charge < -0.3 is 9.88 Å². The molecule has 0 aliphatic rings. The minimum absolute atomic E-state index is 0.756. The molecule has 0 saturated carbocycles. The Balaban J connectivity index is 2.27. The zero-order chi connectivity index (χ0) is 12.3. The molecule has 1 N–H and O–H groups in total. The first-order valence-corrected chi connectivity index (χ1v) is 6.01. The third-order valence-corrected chi connectivity index (χ3v) is 3.07. The zero-order valence-corrected chi connectivity index (χ0v) is 10.8. The highest BCUT2D eigenvalue weighted by Gasteiger charge is 2.07. The number of nitrogens with zero attached hydrogens (tertiary/aromatic N) is 2. The van der Waals surface area contributed by atoms with Crippen molar-refractivity contribution in [1.82, 2.24) is 14.9 Å².